The van der Waals surface area contributed by atoms with Crippen molar-refractivity contribution in [1.82, 2.24) is 42.1 Å². The van der Waals surface area contributed by atoms with E-state index in [0.29, 0.717) is 6.42 Å². The van der Waals surface area contributed by atoms with Crippen LogP contribution in [0.1, 0.15) is 65.2 Å². The van der Waals surface area contributed by atoms with Gasteiger partial charge in [0.2, 0.25) is 53.2 Å². The number of thioether (sulfide) groups is 1. The molecule has 1 saturated heterocycles. The molecule has 1 aliphatic rings. The number of carboxylic acids is 2. The van der Waals surface area contributed by atoms with Crippen LogP contribution in [-0.4, -0.2) is 200 Å². The first-order valence-corrected chi connectivity index (χ1v) is 23.1. The minimum Gasteiger partial charge on any atom is -0.481 e. The highest BCUT2D eigenvalue weighted by atomic mass is 32.2. The van der Waals surface area contributed by atoms with E-state index in [-0.39, 0.29) is 56.7 Å². The lowest BCUT2D eigenvalue weighted by Gasteiger charge is -2.30. The molecular weight excluding hydrogens is 931 g/mol. The van der Waals surface area contributed by atoms with Crippen LogP contribution in [0.3, 0.4) is 0 Å². The number of carbonyl (C=O) groups is 11. The maximum absolute atomic E-state index is 13.8. The molecular formula is C38H65N11O16S2. The van der Waals surface area contributed by atoms with E-state index in [1.165, 1.54) is 18.7 Å². The van der Waals surface area contributed by atoms with Crippen LogP contribution in [0.25, 0.3) is 0 Å². The largest absolute Gasteiger partial charge is 0.481 e. The van der Waals surface area contributed by atoms with Crippen molar-refractivity contribution in [2.24, 2.45) is 17.2 Å². The molecule has 1 aliphatic heterocycles. The summed E-state index contributed by atoms with van der Waals surface area (Å²) in [7, 11) is 0. The fourth-order valence-corrected chi connectivity index (χ4v) is 7.15. The van der Waals surface area contributed by atoms with E-state index in [1.807, 2.05) is 0 Å². The number of aliphatic carboxylic acids is 2. The Hall–Kier alpha value is -5.33. The molecule has 0 aliphatic carbocycles. The van der Waals surface area contributed by atoms with E-state index >= 15 is 0 Å². The Labute approximate surface area is 395 Å². The Morgan fingerprint density at radius 1 is 0.701 bits per heavy atom. The lowest BCUT2D eigenvalue weighted by atomic mass is 10.0. The summed E-state index contributed by atoms with van der Waals surface area (Å²) in [6.45, 7) is 1.52. The number of nitrogens with zero attached hydrogens (tertiary/aromatic N) is 1. The van der Waals surface area contributed by atoms with Gasteiger partial charge in [0.15, 0.2) is 0 Å². The lowest BCUT2D eigenvalue weighted by Crippen LogP contribution is -2.62. The van der Waals surface area contributed by atoms with Crippen LogP contribution < -0.4 is 54.4 Å². The Kier molecular flexibility index (Phi) is 26.8. The van der Waals surface area contributed by atoms with Crippen LogP contribution in [0.15, 0.2) is 0 Å². The van der Waals surface area contributed by atoms with Gasteiger partial charge in [-0.05, 0) is 70.9 Å². The number of thiol groups is 1. The van der Waals surface area contributed by atoms with Gasteiger partial charge in [0, 0.05) is 12.3 Å². The highest BCUT2D eigenvalue weighted by Crippen LogP contribution is 2.20. The van der Waals surface area contributed by atoms with Crippen molar-refractivity contribution in [3.8, 4) is 0 Å². The van der Waals surface area contributed by atoms with E-state index in [1.54, 1.807) is 6.26 Å². The molecule has 0 radical (unpaired) electrons. The summed E-state index contributed by atoms with van der Waals surface area (Å²) < 4.78 is 0. The van der Waals surface area contributed by atoms with Crippen molar-refractivity contribution in [2.45, 2.75) is 132 Å². The number of aliphatic hydroxyl groups excluding tert-OH is 3. The summed E-state index contributed by atoms with van der Waals surface area (Å²) in [5, 5.41) is 64.9. The quantitative estimate of drug-likeness (QED) is 0.0227. The predicted molar refractivity (Wildman–Crippen MR) is 240 cm³/mol. The summed E-state index contributed by atoms with van der Waals surface area (Å²) in [6, 6.07) is -14.3. The van der Waals surface area contributed by atoms with Crippen molar-refractivity contribution < 1.29 is 78.3 Å². The van der Waals surface area contributed by atoms with Crippen molar-refractivity contribution in [1.29, 1.82) is 0 Å². The monoisotopic (exact) mass is 995 g/mol. The number of unbranched alkanes of at least 4 members (excludes halogenated alkanes) is 1. The fraction of sp³-hybridized carbons (Fsp3) is 0.711. The standard InChI is InChI=1S/C38H65N11O16S2/c1-17(51)28(41)35(61)46-23(15-50)33(59)42-19(7-4-5-10-39)31(57)48-29(18(2)52)36(62)43-20(9-12-67-3)30(56)44-21(13-26(40)53)32(58)45-22(14-27(54)55)37(63)49-11-6-8-25(49)34(60)47-24(16-66)38(64)65/h17-25,28-29,50-52,66H,4-16,39,41H2,1-3H3,(H2,40,53)(H,42,59)(H,43,62)(H,44,56)(H,45,58)(H,46,61)(H,47,60)(H,48,57)(H,54,55)(H,64,65)/t17-,18-,19+,20+,21+,22+,23+,24+,25+,28+,29+/m1/s1. The minimum atomic E-state index is -1.88. The van der Waals surface area contributed by atoms with Gasteiger partial charge in [-0.3, -0.25) is 47.9 Å². The zero-order valence-electron chi connectivity index (χ0n) is 37.3. The fourth-order valence-electron chi connectivity index (χ4n) is 6.43. The number of aliphatic hydroxyl groups is 3. The zero-order chi connectivity index (χ0) is 51.1. The number of likely N-dealkylation sites (tertiary alicyclic amines) is 1. The normalized spacial score (nSPS) is 17.9. The van der Waals surface area contributed by atoms with Crippen LogP contribution in [0, 0.1) is 0 Å². The Balaban J connectivity index is 3.36. The van der Waals surface area contributed by atoms with Gasteiger partial charge in [0.25, 0.3) is 0 Å². The molecule has 67 heavy (non-hydrogen) atoms. The Morgan fingerprint density at radius 2 is 1.24 bits per heavy atom. The highest BCUT2D eigenvalue weighted by Gasteiger charge is 2.41. The number of nitrogens with two attached hydrogens (primary N) is 3. The summed E-state index contributed by atoms with van der Waals surface area (Å²) in [6.07, 6.45) is -2.53. The number of carbonyl (C=O) groups excluding carboxylic acids is 9. The van der Waals surface area contributed by atoms with Gasteiger partial charge >= 0.3 is 11.9 Å². The molecule has 1 rings (SSSR count). The third-order valence-corrected chi connectivity index (χ3v) is 11.2. The molecule has 1 fully saturated rings. The number of hydrogen-bond donors (Lipinski definition) is 16. The molecule has 0 aromatic rings. The van der Waals surface area contributed by atoms with E-state index in [2.05, 4.69) is 49.8 Å². The summed E-state index contributed by atoms with van der Waals surface area (Å²) >= 11 is 5.12. The van der Waals surface area contributed by atoms with Crippen molar-refractivity contribution in [3.63, 3.8) is 0 Å². The number of rotatable bonds is 31. The maximum Gasteiger partial charge on any atom is 0.327 e. The second kappa shape index (κ2) is 30.1. The molecule has 380 valence electrons. The van der Waals surface area contributed by atoms with E-state index in [9.17, 15) is 78.3 Å². The SMILES string of the molecule is CSCC[C@H](NC(=O)[C@@H](NC(=O)[C@H](CCCCN)NC(=O)[C@H](CO)NC(=O)[C@@H](N)[C@@H](C)O)[C@@H](C)O)C(=O)N[C@@H](CC(N)=O)C(=O)N[C@@H](CC(=O)O)C(=O)N1CCC[C@H]1C(=O)N[C@@H](CS)C(=O)O. The maximum atomic E-state index is 13.8. The van der Waals surface area contributed by atoms with Crippen LogP contribution in [0.5, 0.6) is 0 Å². The van der Waals surface area contributed by atoms with Gasteiger partial charge in [-0.2, -0.15) is 24.4 Å². The molecule has 0 saturated carbocycles. The molecule has 0 unspecified atom stereocenters. The number of amides is 9. The number of primary amides is 1. The highest BCUT2D eigenvalue weighted by molar-refractivity contribution is 7.98. The molecule has 9 amide bonds. The molecule has 18 N–H and O–H groups in total. The van der Waals surface area contributed by atoms with Gasteiger partial charge in [0.05, 0.1) is 31.7 Å². The molecule has 11 atom stereocenters. The average Bonchev–Trinajstić information content (AvgIpc) is 3.76. The van der Waals surface area contributed by atoms with Gasteiger partial charge in [0.1, 0.15) is 54.4 Å². The lowest BCUT2D eigenvalue weighted by molar-refractivity contribution is -0.147. The van der Waals surface area contributed by atoms with Crippen LogP contribution >= 0.6 is 24.4 Å². The first-order chi connectivity index (χ1) is 31.4. The van der Waals surface area contributed by atoms with E-state index in [4.69, 9.17) is 17.2 Å². The van der Waals surface area contributed by atoms with Crippen LogP contribution in [-0.2, 0) is 52.7 Å². The van der Waals surface area contributed by atoms with Crippen molar-refractivity contribution in [2.75, 3.05) is 37.5 Å². The average molecular weight is 996 g/mol. The minimum absolute atomic E-state index is 0.0629. The van der Waals surface area contributed by atoms with Gasteiger partial charge in [-0.15, -0.1) is 0 Å². The molecule has 1 heterocycles. The molecule has 27 nitrogen and oxygen atoms in total. The molecule has 0 bridgehead atoms. The summed E-state index contributed by atoms with van der Waals surface area (Å²) in [4.78, 5) is 143. The van der Waals surface area contributed by atoms with Gasteiger partial charge < -0.3 is 84.9 Å². The third kappa shape index (κ3) is 20.2. The smallest absolute Gasteiger partial charge is 0.327 e. The second-order valence-electron chi connectivity index (χ2n) is 15.6. The third-order valence-electron chi connectivity index (χ3n) is 10.2. The topological polar surface area (TPSA) is 454 Å². The number of nitrogens with one attached hydrogen (secondary N) is 7. The van der Waals surface area contributed by atoms with Crippen LogP contribution in [0.2, 0.25) is 0 Å². The number of hydrogen-bond acceptors (Lipinski definition) is 18. The first-order valence-electron chi connectivity index (χ1n) is 21.1. The van der Waals surface area contributed by atoms with Crippen LogP contribution in [0.4, 0.5) is 0 Å². The van der Waals surface area contributed by atoms with Gasteiger partial charge in [-0.1, -0.05) is 0 Å². The van der Waals surface area contributed by atoms with Crippen molar-refractivity contribution >= 4 is 89.5 Å². The predicted octanol–water partition coefficient (Wildman–Crippen LogP) is -7.30. The van der Waals surface area contributed by atoms with E-state index in [0.717, 1.165) is 11.8 Å². The summed E-state index contributed by atoms with van der Waals surface area (Å²) in [5.74, 6) is -12.7. The molecule has 0 spiro atoms. The Bertz CT molecular complexity index is 1760. The molecule has 0 aromatic heterocycles. The van der Waals surface area contributed by atoms with Crippen molar-refractivity contribution in [3.05, 3.63) is 0 Å². The molecule has 29 heteroatoms. The number of carboxylic acid groups (broad SMARTS) is 2. The zero-order valence-corrected chi connectivity index (χ0v) is 39.0. The Morgan fingerprint density at radius 3 is 1.76 bits per heavy atom. The van der Waals surface area contributed by atoms with E-state index < -0.39 is 151 Å². The second-order valence-corrected chi connectivity index (χ2v) is 16.9. The first kappa shape index (κ1) is 59.7. The summed E-state index contributed by atoms with van der Waals surface area (Å²) in [5.41, 5.74) is 16.6. The molecule has 0 aromatic carbocycles. The van der Waals surface area contributed by atoms with Gasteiger partial charge in [-0.25, -0.2) is 4.79 Å².